The van der Waals surface area contributed by atoms with E-state index >= 15 is 0 Å². The van der Waals surface area contributed by atoms with Crippen molar-refractivity contribution in [3.8, 4) is 33.9 Å². The zero-order valence-electron chi connectivity index (χ0n) is 30.6. The summed E-state index contributed by atoms with van der Waals surface area (Å²) in [6.07, 6.45) is 24.9. The van der Waals surface area contributed by atoms with Gasteiger partial charge in [0.25, 0.3) is 0 Å². The molecule has 0 aliphatic heterocycles. The summed E-state index contributed by atoms with van der Waals surface area (Å²) in [5, 5.41) is 0. The second-order valence-corrected chi connectivity index (χ2v) is 14.0. The lowest BCUT2D eigenvalue weighted by molar-refractivity contribution is -0.697. The summed E-state index contributed by atoms with van der Waals surface area (Å²) < 4.78 is 2.29. The van der Waals surface area contributed by atoms with E-state index in [9.17, 15) is 9.59 Å². The van der Waals surface area contributed by atoms with E-state index in [1.54, 1.807) is 24.5 Å². The largest absolute Gasteiger partial charge is 0.289 e. The van der Waals surface area contributed by atoms with Crippen molar-refractivity contribution in [3.63, 3.8) is 0 Å². The van der Waals surface area contributed by atoms with Gasteiger partial charge >= 0.3 is 0 Å². The molecule has 6 rings (SSSR count). The second kappa shape index (κ2) is 18.9. The molecule has 6 heteroatoms. The molecule has 52 heavy (non-hydrogen) atoms. The van der Waals surface area contributed by atoms with Crippen LogP contribution in [0.4, 0.5) is 0 Å². The maximum Gasteiger partial charge on any atom is 0.190 e. The van der Waals surface area contributed by atoms with Crippen molar-refractivity contribution in [1.29, 1.82) is 0 Å². The van der Waals surface area contributed by atoms with Gasteiger partial charge in [0.1, 0.15) is 6.54 Å². The highest BCUT2D eigenvalue weighted by atomic mass is 16.1. The SMILES string of the molecule is CC1=C(CCCCCCCCCCCCCCC[n+]2ccc(-c3cc(-c4ccccn4)nc(-c4ccccn4)c3)cc2)C(=O)c2ccccc2C1=O. The third-order valence-electron chi connectivity index (χ3n) is 10.2. The molecule has 0 fully saturated rings. The minimum Gasteiger partial charge on any atom is -0.289 e. The number of allylic oxidation sites excluding steroid dienone is 2. The Morgan fingerprint density at radius 1 is 0.500 bits per heavy atom. The van der Waals surface area contributed by atoms with E-state index in [0.29, 0.717) is 23.1 Å². The lowest BCUT2D eigenvalue weighted by atomic mass is 9.82. The van der Waals surface area contributed by atoms with Crippen molar-refractivity contribution in [2.45, 2.75) is 103 Å². The van der Waals surface area contributed by atoms with Crippen LogP contribution in [0.1, 0.15) is 118 Å². The number of aromatic nitrogens is 4. The normalized spacial score (nSPS) is 12.7. The molecule has 5 aromatic rings. The predicted octanol–water partition coefficient (Wildman–Crippen LogP) is 11.0. The molecule has 0 unspecified atom stereocenters. The van der Waals surface area contributed by atoms with Crippen molar-refractivity contribution >= 4 is 11.6 Å². The van der Waals surface area contributed by atoms with Crippen LogP contribution in [0.25, 0.3) is 33.9 Å². The highest BCUT2D eigenvalue weighted by Crippen LogP contribution is 2.30. The van der Waals surface area contributed by atoms with Crippen molar-refractivity contribution < 1.29 is 14.2 Å². The number of rotatable bonds is 19. The molecule has 4 aromatic heterocycles. The summed E-state index contributed by atoms with van der Waals surface area (Å²) in [7, 11) is 0. The summed E-state index contributed by atoms with van der Waals surface area (Å²) in [6.45, 7) is 2.85. The van der Waals surface area contributed by atoms with Crippen LogP contribution in [-0.2, 0) is 6.54 Å². The first-order valence-electron chi connectivity index (χ1n) is 19.3. The van der Waals surface area contributed by atoms with Crippen LogP contribution < -0.4 is 4.57 Å². The number of ketones is 2. The maximum absolute atomic E-state index is 12.9. The number of carbonyl (C=O) groups excluding carboxylic acids is 2. The molecule has 1 aromatic carbocycles. The Balaban J connectivity index is 0.824. The van der Waals surface area contributed by atoms with Gasteiger partial charge in [-0.1, -0.05) is 101 Å². The van der Waals surface area contributed by atoms with Gasteiger partial charge in [0, 0.05) is 53.2 Å². The van der Waals surface area contributed by atoms with Crippen LogP contribution >= 0.6 is 0 Å². The molecule has 0 atom stereocenters. The number of benzene rings is 1. The fraction of sp³-hybridized carbons (Fsp3) is 0.348. The smallest absolute Gasteiger partial charge is 0.190 e. The van der Waals surface area contributed by atoms with E-state index in [0.717, 1.165) is 58.9 Å². The zero-order valence-corrected chi connectivity index (χ0v) is 30.6. The van der Waals surface area contributed by atoms with Gasteiger partial charge < -0.3 is 0 Å². The Labute approximate surface area is 309 Å². The topological polar surface area (TPSA) is 76.7 Å². The van der Waals surface area contributed by atoms with E-state index in [-0.39, 0.29) is 11.6 Å². The van der Waals surface area contributed by atoms with Gasteiger partial charge in [-0.25, -0.2) is 9.55 Å². The molecule has 0 radical (unpaired) electrons. The Kier molecular flexibility index (Phi) is 13.4. The number of aryl methyl sites for hydroxylation is 1. The van der Waals surface area contributed by atoms with Gasteiger partial charge in [-0.2, -0.15) is 0 Å². The van der Waals surface area contributed by atoms with E-state index in [1.165, 1.54) is 70.6 Å². The van der Waals surface area contributed by atoms with Crippen LogP contribution in [0.5, 0.6) is 0 Å². The minimum absolute atomic E-state index is 0.0149. The third-order valence-corrected chi connectivity index (χ3v) is 10.2. The molecule has 0 saturated carbocycles. The molecule has 266 valence electrons. The number of hydrogen-bond donors (Lipinski definition) is 0. The number of hydrogen-bond acceptors (Lipinski definition) is 5. The Morgan fingerprint density at radius 3 is 1.50 bits per heavy atom. The van der Waals surface area contributed by atoms with Crippen LogP contribution in [0, 0.1) is 0 Å². The Morgan fingerprint density at radius 2 is 0.981 bits per heavy atom. The molecule has 1 aliphatic carbocycles. The van der Waals surface area contributed by atoms with Gasteiger partial charge in [-0.15, -0.1) is 0 Å². The third kappa shape index (κ3) is 9.81. The first-order valence-corrected chi connectivity index (χ1v) is 19.3. The van der Waals surface area contributed by atoms with Crippen LogP contribution in [0.2, 0.25) is 0 Å². The summed E-state index contributed by atoms with van der Waals surface area (Å²) in [5.74, 6) is 0.0628. The highest BCUT2D eigenvalue weighted by Gasteiger charge is 2.28. The number of unbranched alkanes of at least 4 members (excludes halogenated alkanes) is 12. The average molecular weight is 692 g/mol. The quantitative estimate of drug-likeness (QED) is 0.0636. The van der Waals surface area contributed by atoms with E-state index < -0.39 is 0 Å². The van der Waals surface area contributed by atoms with Gasteiger partial charge in [0.2, 0.25) is 0 Å². The highest BCUT2D eigenvalue weighted by molar-refractivity contribution is 6.26. The van der Waals surface area contributed by atoms with Crippen molar-refractivity contribution in [3.05, 3.63) is 132 Å². The van der Waals surface area contributed by atoms with Crippen LogP contribution in [0.3, 0.4) is 0 Å². The summed E-state index contributed by atoms with van der Waals surface area (Å²) >= 11 is 0. The molecular formula is C46H51N4O2+. The van der Waals surface area contributed by atoms with Crippen LogP contribution in [-0.4, -0.2) is 26.5 Å². The number of carbonyl (C=O) groups is 2. The number of Topliss-reactive ketones (excluding diaryl/α,β-unsaturated/α-hetero) is 2. The summed E-state index contributed by atoms with van der Waals surface area (Å²) in [5.41, 5.74) is 8.13. The molecule has 4 heterocycles. The standard InChI is InChI=1S/C46H51N4O2/c1-35-38(46(52)40-23-15-14-22-39(40)45(35)51)21-13-11-9-7-5-3-2-4-6-8-10-12-20-30-50-31-26-36(27-32-50)37-33-43(41-24-16-18-28-47-41)49-44(34-37)42-25-17-19-29-48-42/h14-19,22-29,31-34H,2-13,20-21,30H2,1H3/q+1. The van der Waals surface area contributed by atoms with E-state index in [1.807, 2.05) is 55.5 Å². The van der Waals surface area contributed by atoms with Crippen molar-refractivity contribution in [1.82, 2.24) is 15.0 Å². The minimum atomic E-state index is 0.0149. The molecular weight excluding hydrogens is 641 g/mol. The van der Waals surface area contributed by atoms with Gasteiger partial charge in [0.05, 0.1) is 22.8 Å². The predicted molar refractivity (Wildman–Crippen MR) is 209 cm³/mol. The molecule has 0 amide bonds. The molecule has 0 saturated heterocycles. The van der Waals surface area contributed by atoms with Gasteiger partial charge in [-0.05, 0) is 73.7 Å². The number of nitrogens with zero attached hydrogens (tertiary/aromatic N) is 4. The Hall–Kier alpha value is -5.10. The summed E-state index contributed by atoms with van der Waals surface area (Å²) in [6, 6.07) is 27.6. The van der Waals surface area contributed by atoms with E-state index in [4.69, 9.17) is 4.98 Å². The second-order valence-electron chi connectivity index (χ2n) is 14.0. The van der Waals surface area contributed by atoms with Gasteiger partial charge in [-0.3, -0.25) is 19.6 Å². The molecule has 0 spiro atoms. The molecule has 6 nitrogen and oxygen atoms in total. The Bertz CT molecular complexity index is 1890. The fourth-order valence-electron chi connectivity index (χ4n) is 7.18. The first-order chi connectivity index (χ1) is 25.6. The van der Waals surface area contributed by atoms with Gasteiger partial charge in [0.15, 0.2) is 24.0 Å². The van der Waals surface area contributed by atoms with Crippen LogP contribution in [0.15, 0.2) is 121 Å². The fourth-order valence-corrected chi connectivity index (χ4v) is 7.18. The first kappa shape index (κ1) is 36.7. The average Bonchev–Trinajstić information content (AvgIpc) is 3.20. The maximum atomic E-state index is 12.9. The summed E-state index contributed by atoms with van der Waals surface area (Å²) in [4.78, 5) is 39.6. The monoisotopic (exact) mass is 691 g/mol. The lowest BCUT2D eigenvalue weighted by Crippen LogP contribution is -2.32. The molecule has 0 bridgehead atoms. The number of fused-ring (bicyclic) bond motifs is 1. The molecule has 1 aliphatic rings. The van der Waals surface area contributed by atoms with Crippen molar-refractivity contribution in [2.75, 3.05) is 0 Å². The zero-order chi connectivity index (χ0) is 36.0. The van der Waals surface area contributed by atoms with Crippen molar-refractivity contribution in [2.24, 2.45) is 0 Å². The lowest BCUT2D eigenvalue weighted by Gasteiger charge is -2.18. The number of pyridine rings is 4. The van der Waals surface area contributed by atoms with E-state index in [2.05, 4.69) is 51.2 Å². The molecule has 0 N–H and O–H groups in total.